The van der Waals surface area contributed by atoms with Gasteiger partial charge >= 0.3 is 0 Å². The first-order valence-corrected chi connectivity index (χ1v) is 9.88. The quantitative estimate of drug-likeness (QED) is 0.660. The molecule has 0 aliphatic carbocycles. The molecule has 0 saturated heterocycles. The molecule has 30 heavy (non-hydrogen) atoms. The lowest BCUT2D eigenvalue weighted by Gasteiger charge is -2.35. The average Bonchev–Trinajstić information content (AvgIpc) is 3.00. The van der Waals surface area contributed by atoms with E-state index in [4.69, 9.17) is 17.3 Å². The van der Waals surface area contributed by atoms with Crippen molar-refractivity contribution in [1.82, 2.24) is 19.2 Å². The van der Waals surface area contributed by atoms with E-state index in [1.807, 2.05) is 20.8 Å². The smallest absolute Gasteiger partial charge is 0.280 e. The molecule has 3 heterocycles. The first-order valence-electron chi connectivity index (χ1n) is 9.50. The molecule has 2 aromatic heterocycles. The van der Waals surface area contributed by atoms with Crippen LogP contribution in [-0.2, 0) is 6.54 Å². The van der Waals surface area contributed by atoms with Gasteiger partial charge < -0.3 is 20.3 Å². The van der Waals surface area contributed by atoms with Gasteiger partial charge in [-0.05, 0) is 38.5 Å². The molecule has 0 unspecified atom stereocenters. The zero-order valence-corrected chi connectivity index (χ0v) is 17.4. The summed E-state index contributed by atoms with van der Waals surface area (Å²) in [6.07, 6.45) is 0. The molecule has 158 valence electrons. The Morgan fingerprint density at radius 1 is 1.37 bits per heavy atom. The molecule has 1 aliphatic heterocycles. The summed E-state index contributed by atoms with van der Waals surface area (Å²) in [6, 6.07) is 3.79. The highest BCUT2D eigenvalue weighted by Gasteiger charge is 2.37. The number of rotatable bonds is 3. The molecule has 1 atom stereocenters. The number of hydrogen-bond acceptors (Lipinski definition) is 5. The Morgan fingerprint density at radius 3 is 2.70 bits per heavy atom. The molecule has 1 aliphatic rings. The molecular weight excluding hydrogens is 413 g/mol. The predicted molar refractivity (Wildman–Crippen MR) is 111 cm³/mol. The number of amides is 1. The Morgan fingerprint density at radius 2 is 2.07 bits per heavy atom. The van der Waals surface area contributed by atoms with Crippen molar-refractivity contribution in [3.8, 4) is 5.75 Å². The maximum Gasteiger partial charge on any atom is 0.280 e. The van der Waals surface area contributed by atoms with Crippen LogP contribution in [0.5, 0.6) is 5.75 Å². The van der Waals surface area contributed by atoms with Gasteiger partial charge in [0.2, 0.25) is 0 Å². The van der Waals surface area contributed by atoms with Crippen molar-refractivity contribution in [3.63, 3.8) is 0 Å². The molecule has 1 amide bonds. The Balaban J connectivity index is 1.92. The van der Waals surface area contributed by atoms with Gasteiger partial charge in [-0.3, -0.25) is 9.59 Å². The van der Waals surface area contributed by atoms with E-state index in [-0.39, 0.29) is 52.0 Å². The fourth-order valence-corrected chi connectivity index (χ4v) is 4.18. The van der Waals surface area contributed by atoms with Gasteiger partial charge in [0.15, 0.2) is 17.3 Å². The number of nitrogen functional groups attached to an aromatic ring is 1. The van der Waals surface area contributed by atoms with Crippen LogP contribution in [0, 0.1) is 5.82 Å². The van der Waals surface area contributed by atoms with E-state index in [9.17, 15) is 19.1 Å². The minimum Gasteiger partial charge on any atom is -0.505 e. The van der Waals surface area contributed by atoms with Crippen molar-refractivity contribution in [1.29, 1.82) is 0 Å². The van der Waals surface area contributed by atoms with Crippen LogP contribution >= 0.6 is 11.6 Å². The van der Waals surface area contributed by atoms with Crippen molar-refractivity contribution in [3.05, 3.63) is 50.7 Å². The number of carbonyl (C=O) groups excluding carboxylic acids is 1. The molecule has 0 radical (unpaired) electrons. The highest BCUT2D eigenvalue weighted by Crippen LogP contribution is 2.38. The maximum absolute atomic E-state index is 13.4. The summed E-state index contributed by atoms with van der Waals surface area (Å²) in [5, 5.41) is 14.9. The molecule has 0 saturated carbocycles. The van der Waals surface area contributed by atoms with Crippen LogP contribution in [0.15, 0.2) is 23.0 Å². The van der Waals surface area contributed by atoms with E-state index in [0.717, 1.165) is 4.68 Å². The number of halogens is 2. The maximum atomic E-state index is 13.4. The largest absolute Gasteiger partial charge is 0.505 e. The third-order valence-electron chi connectivity index (χ3n) is 5.40. The number of benzene rings is 1. The average molecular weight is 434 g/mol. The molecule has 0 bridgehead atoms. The van der Waals surface area contributed by atoms with Crippen LogP contribution in [0.3, 0.4) is 0 Å². The number of aromatic nitrogens is 3. The van der Waals surface area contributed by atoms with Crippen molar-refractivity contribution < 1.29 is 14.3 Å². The van der Waals surface area contributed by atoms with Crippen molar-refractivity contribution in [2.24, 2.45) is 0 Å². The molecule has 4 rings (SSSR count). The van der Waals surface area contributed by atoms with Crippen LogP contribution in [0.4, 0.5) is 10.2 Å². The summed E-state index contributed by atoms with van der Waals surface area (Å²) in [7, 11) is 0. The van der Waals surface area contributed by atoms with Gasteiger partial charge in [0.05, 0.1) is 11.6 Å². The van der Waals surface area contributed by atoms with Crippen molar-refractivity contribution in [2.45, 2.75) is 39.4 Å². The van der Waals surface area contributed by atoms with E-state index < -0.39 is 17.1 Å². The normalized spacial score (nSPS) is 16.5. The lowest BCUT2D eigenvalue weighted by atomic mass is 10.1. The van der Waals surface area contributed by atoms with Crippen LogP contribution in [0.1, 0.15) is 42.9 Å². The van der Waals surface area contributed by atoms with Crippen LogP contribution in [0.2, 0.25) is 5.02 Å². The van der Waals surface area contributed by atoms with Crippen LogP contribution in [0.25, 0.3) is 10.9 Å². The number of hydrogen-bond donors (Lipinski definition) is 2. The second-order valence-corrected chi connectivity index (χ2v) is 8.19. The van der Waals surface area contributed by atoms with Gasteiger partial charge in [0, 0.05) is 18.6 Å². The Labute approximate surface area is 176 Å². The number of nitrogens with two attached hydrogens (primary N) is 1. The third kappa shape index (κ3) is 2.92. The summed E-state index contributed by atoms with van der Waals surface area (Å²) in [6.45, 7) is 6.05. The first kappa shape index (κ1) is 20.2. The molecule has 0 fully saturated rings. The fourth-order valence-electron chi connectivity index (χ4n) is 3.98. The van der Waals surface area contributed by atoms with E-state index in [0.29, 0.717) is 12.1 Å². The van der Waals surface area contributed by atoms with Gasteiger partial charge in [0.25, 0.3) is 11.5 Å². The molecule has 1 aromatic carbocycles. The van der Waals surface area contributed by atoms with Crippen molar-refractivity contribution >= 4 is 34.2 Å². The van der Waals surface area contributed by atoms with Crippen molar-refractivity contribution in [2.75, 3.05) is 12.3 Å². The van der Waals surface area contributed by atoms with E-state index in [1.165, 1.54) is 18.2 Å². The van der Waals surface area contributed by atoms with Gasteiger partial charge in [-0.2, -0.15) is 0 Å². The lowest BCUT2D eigenvalue weighted by Crippen LogP contribution is -2.45. The number of nitrogens with zero attached hydrogens (tertiary/aromatic N) is 4. The number of anilines is 1. The molecular formula is C20H21ClFN5O3. The van der Waals surface area contributed by atoms with Gasteiger partial charge in [0.1, 0.15) is 16.7 Å². The number of aromatic hydroxyl groups is 1. The zero-order chi connectivity index (χ0) is 21.9. The van der Waals surface area contributed by atoms with Crippen LogP contribution < -0.4 is 11.3 Å². The molecule has 3 N–H and O–H groups in total. The SMILES string of the molecule is CC(C)N1C[C@H](C)n2c(c(O)c3c(=O)n(Cc4ccc(F)c(Cl)c4)nc(N)c32)C1=O. The summed E-state index contributed by atoms with van der Waals surface area (Å²) >= 11 is 5.82. The molecule has 0 spiro atoms. The number of carbonyl (C=O) groups is 1. The first-order chi connectivity index (χ1) is 14.1. The Kier molecular flexibility index (Phi) is 4.73. The second-order valence-electron chi connectivity index (χ2n) is 7.79. The van der Waals surface area contributed by atoms with E-state index >= 15 is 0 Å². The Bertz CT molecular complexity index is 1250. The molecule has 10 heteroatoms. The minimum atomic E-state index is -0.602. The summed E-state index contributed by atoms with van der Waals surface area (Å²) in [5.74, 6) is -1.34. The van der Waals surface area contributed by atoms with Crippen LogP contribution in [-0.4, -0.2) is 42.8 Å². The second kappa shape index (κ2) is 7.02. The standard InChI is InChI=1S/C20H21ClFN5O3/c1-9(2)25-7-10(3)27-15-14(17(28)16(27)20(25)30)19(29)26(24-18(15)23)8-11-4-5-13(22)12(21)6-11/h4-6,9-10,28H,7-8H2,1-3H3,(H2,23,24)/t10-/m0/s1. The lowest BCUT2D eigenvalue weighted by molar-refractivity contribution is 0.0616. The summed E-state index contributed by atoms with van der Waals surface area (Å²) < 4.78 is 16.1. The highest BCUT2D eigenvalue weighted by molar-refractivity contribution is 6.30. The summed E-state index contributed by atoms with van der Waals surface area (Å²) in [5.41, 5.74) is 6.37. The van der Waals surface area contributed by atoms with Gasteiger partial charge in [-0.1, -0.05) is 17.7 Å². The Hall–Kier alpha value is -3.07. The monoisotopic (exact) mass is 433 g/mol. The number of fused-ring (bicyclic) bond motifs is 3. The topological polar surface area (TPSA) is 106 Å². The third-order valence-corrected chi connectivity index (χ3v) is 5.69. The predicted octanol–water partition coefficient (Wildman–Crippen LogP) is 2.75. The van der Waals surface area contributed by atoms with Gasteiger partial charge in [-0.25, -0.2) is 9.07 Å². The fraction of sp³-hybridized carbons (Fsp3) is 0.350. The highest BCUT2D eigenvalue weighted by atomic mass is 35.5. The van der Waals surface area contributed by atoms with Gasteiger partial charge in [-0.15, -0.1) is 5.10 Å². The van der Waals surface area contributed by atoms with E-state index in [2.05, 4.69) is 5.10 Å². The summed E-state index contributed by atoms with van der Waals surface area (Å²) in [4.78, 5) is 27.8. The zero-order valence-electron chi connectivity index (χ0n) is 16.7. The van der Waals surface area contributed by atoms with E-state index in [1.54, 1.807) is 9.47 Å². The molecule has 8 nitrogen and oxygen atoms in total. The minimum absolute atomic E-state index is 0.0111. The molecule has 3 aromatic rings.